The first-order valence-corrected chi connectivity index (χ1v) is 6.47. The van der Waals surface area contributed by atoms with Crippen molar-refractivity contribution in [1.82, 2.24) is 9.80 Å². The highest BCUT2D eigenvalue weighted by molar-refractivity contribution is 5.48. The number of likely N-dealkylation sites (N-methyl/N-ethyl adjacent to an activating group) is 1. The van der Waals surface area contributed by atoms with E-state index in [4.69, 9.17) is 0 Å². The average molecular weight is 230 g/mol. The van der Waals surface area contributed by atoms with Crippen LogP contribution in [0.5, 0.6) is 0 Å². The lowest BCUT2D eigenvalue weighted by atomic mass is 10.2. The quantitative estimate of drug-likeness (QED) is 0.783. The second-order valence-electron chi connectivity index (χ2n) is 4.75. The molecular formula is C15H22N2. The predicted molar refractivity (Wildman–Crippen MR) is 74.0 cm³/mol. The number of benzene rings is 1. The molecule has 0 bridgehead atoms. The summed E-state index contributed by atoms with van der Waals surface area (Å²) in [5, 5.41) is 0. The normalized spacial score (nSPS) is 18.9. The van der Waals surface area contributed by atoms with Gasteiger partial charge in [-0.25, -0.2) is 0 Å². The summed E-state index contributed by atoms with van der Waals surface area (Å²) in [6.45, 7) is 6.05. The molecule has 1 aliphatic rings. The van der Waals surface area contributed by atoms with Gasteiger partial charge >= 0.3 is 0 Å². The molecule has 0 unspecified atom stereocenters. The first-order chi connectivity index (χ1) is 8.34. The van der Waals surface area contributed by atoms with Crippen molar-refractivity contribution in [3.63, 3.8) is 0 Å². The SMILES string of the molecule is CN1CCN(CCC=Cc2ccccc2)CC1. The van der Waals surface area contributed by atoms with Crippen molar-refractivity contribution in [2.24, 2.45) is 0 Å². The fourth-order valence-electron chi connectivity index (χ4n) is 2.11. The van der Waals surface area contributed by atoms with E-state index in [2.05, 4.69) is 59.3 Å². The van der Waals surface area contributed by atoms with Crippen LogP contribution in [0.15, 0.2) is 36.4 Å². The van der Waals surface area contributed by atoms with E-state index in [9.17, 15) is 0 Å². The summed E-state index contributed by atoms with van der Waals surface area (Å²) in [5.41, 5.74) is 1.30. The van der Waals surface area contributed by atoms with Gasteiger partial charge in [0.05, 0.1) is 0 Å². The van der Waals surface area contributed by atoms with Gasteiger partial charge in [0.2, 0.25) is 0 Å². The predicted octanol–water partition coefficient (Wildman–Crippen LogP) is 2.34. The molecule has 2 rings (SSSR count). The van der Waals surface area contributed by atoms with Crippen LogP contribution >= 0.6 is 0 Å². The largest absolute Gasteiger partial charge is 0.304 e. The maximum Gasteiger partial charge on any atom is 0.0110 e. The third-order valence-corrected chi connectivity index (χ3v) is 3.32. The minimum absolute atomic E-state index is 1.15. The third kappa shape index (κ3) is 4.33. The highest BCUT2D eigenvalue weighted by Crippen LogP contribution is 2.04. The van der Waals surface area contributed by atoms with Crippen LogP contribution in [0.25, 0.3) is 6.08 Å². The fraction of sp³-hybridized carbons (Fsp3) is 0.467. The van der Waals surface area contributed by atoms with Gasteiger partial charge in [-0.3, -0.25) is 0 Å². The lowest BCUT2D eigenvalue weighted by Crippen LogP contribution is -2.44. The van der Waals surface area contributed by atoms with Crippen LogP contribution in [-0.4, -0.2) is 49.6 Å². The van der Waals surface area contributed by atoms with Crippen molar-refractivity contribution in [3.05, 3.63) is 42.0 Å². The molecule has 92 valence electrons. The Labute approximate surface area is 105 Å². The minimum Gasteiger partial charge on any atom is -0.304 e. The highest BCUT2D eigenvalue weighted by Gasteiger charge is 2.11. The standard InChI is InChI=1S/C15H22N2/c1-16-11-13-17(14-12-16)10-6-5-9-15-7-3-2-4-8-15/h2-5,7-9H,6,10-14H2,1H3. The maximum absolute atomic E-state index is 2.55. The van der Waals surface area contributed by atoms with Gasteiger partial charge in [-0.1, -0.05) is 42.5 Å². The lowest BCUT2D eigenvalue weighted by Gasteiger charge is -2.31. The van der Waals surface area contributed by atoms with Gasteiger partial charge < -0.3 is 9.80 Å². The van der Waals surface area contributed by atoms with Crippen LogP contribution in [0.2, 0.25) is 0 Å². The van der Waals surface area contributed by atoms with E-state index in [0.717, 1.165) is 6.42 Å². The molecule has 0 spiro atoms. The Balaban J connectivity index is 1.68. The van der Waals surface area contributed by atoms with E-state index in [-0.39, 0.29) is 0 Å². The molecule has 17 heavy (non-hydrogen) atoms. The van der Waals surface area contributed by atoms with Crippen molar-refractivity contribution in [2.75, 3.05) is 39.8 Å². The summed E-state index contributed by atoms with van der Waals surface area (Å²) in [6, 6.07) is 10.5. The Bertz CT molecular complexity index is 337. The third-order valence-electron chi connectivity index (χ3n) is 3.32. The second-order valence-corrected chi connectivity index (χ2v) is 4.75. The van der Waals surface area contributed by atoms with Crippen molar-refractivity contribution >= 4 is 6.08 Å². The average Bonchev–Trinajstić information content (AvgIpc) is 2.38. The molecule has 0 saturated carbocycles. The monoisotopic (exact) mass is 230 g/mol. The van der Waals surface area contributed by atoms with Crippen LogP contribution in [0, 0.1) is 0 Å². The van der Waals surface area contributed by atoms with E-state index >= 15 is 0 Å². The van der Waals surface area contributed by atoms with Crippen molar-refractivity contribution in [3.8, 4) is 0 Å². The molecule has 1 fully saturated rings. The number of hydrogen-bond donors (Lipinski definition) is 0. The molecule has 0 amide bonds. The zero-order chi connectivity index (χ0) is 11.9. The molecule has 1 aromatic rings. The summed E-state index contributed by atoms with van der Waals surface area (Å²) in [6.07, 6.45) is 5.66. The molecule has 0 radical (unpaired) electrons. The van der Waals surface area contributed by atoms with Crippen molar-refractivity contribution < 1.29 is 0 Å². The van der Waals surface area contributed by atoms with Gasteiger partial charge in [0, 0.05) is 32.7 Å². The van der Waals surface area contributed by atoms with E-state index in [0.29, 0.717) is 0 Å². The van der Waals surface area contributed by atoms with E-state index in [1.54, 1.807) is 0 Å². The van der Waals surface area contributed by atoms with Gasteiger partial charge in [-0.2, -0.15) is 0 Å². The Hall–Kier alpha value is -1.12. The molecule has 1 aliphatic heterocycles. The molecule has 0 atom stereocenters. The van der Waals surface area contributed by atoms with E-state index < -0.39 is 0 Å². The van der Waals surface area contributed by atoms with Gasteiger partial charge in [0.25, 0.3) is 0 Å². The number of rotatable bonds is 4. The minimum atomic E-state index is 1.15. The molecule has 0 aromatic heterocycles. The molecule has 2 nitrogen and oxygen atoms in total. The first-order valence-electron chi connectivity index (χ1n) is 6.47. The van der Waals surface area contributed by atoms with E-state index in [1.165, 1.54) is 38.3 Å². The van der Waals surface area contributed by atoms with Crippen LogP contribution < -0.4 is 0 Å². The zero-order valence-electron chi connectivity index (χ0n) is 10.7. The Kier molecular flexibility index (Phi) is 4.77. The van der Waals surface area contributed by atoms with Crippen molar-refractivity contribution in [1.29, 1.82) is 0 Å². The maximum atomic E-state index is 2.55. The summed E-state index contributed by atoms with van der Waals surface area (Å²) in [4.78, 5) is 4.95. The molecule has 1 saturated heterocycles. The Morgan fingerprint density at radius 1 is 1.06 bits per heavy atom. The zero-order valence-corrected chi connectivity index (χ0v) is 10.7. The van der Waals surface area contributed by atoms with Gasteiger partial charge in [-0.15, -0.1) is 0 Å². The van der Waals surface area contributed by atoms with Gasteiger partial charge in [0.15, 0.2) is 0 Å². The Morgan fingerprint density at radius 2 is 1.76 bits per heavy atom. The molecule has 0 aliphatic carbocycles. The Morgan fingerprint density at radius 3 is 2.47 bits per heavy atom. The molecule has 2 heteroatoms. The number of piperazine rings is 1. The van der Waals surface area contributed by atoms with Gasteiger partial charge in [0.1, 0.15) is 0 Å². The molecule has 1 heterocycles. The second kappa shape index (κ2) is 6.58. The number of nitrogens with zero attached hydrogens (tertiary/aromatic N) is 2. The topological polar surface area (TPSA) is 6.48 Å². The van der Waals surface area contributed by atoms with E-state index in [1.807, 2.05) is 0 Å². The van der Waals surface area contributed by atoms with Crippen molar-refractivity contribution in [2.45, 2.75) is 6.42 Å². The lowest BCUT2D eigenvalue weighted by molar-refractivity contribution is 0.156. The summed E-state index contributed by atoms with van der Waals surface area (Å²) in [5.74, 6) is 0. The molecule has 0 N–H and O–H groups in total. The molecule has 1 aromatic carbocycles. The summed E-state index contributed by atoms with van der Waals surface area (Å²) < 4.78 is 0. The van der Waals surface area contributed by atoms with Crippen LogP contribution in [0.4, 0.5) is 0 Å². The fourth-order valence-corrected chi connectivity index (χ4v) is 2.11. The number of hydrogen-bond acceptors (Lipinski definition) is 2. The van der Waals surface area contributed by atoms with Gasteiger partial charge in [-0.05, 0) is 19.0 Å². The van der Waals surface area contributed by atoms with Crippen LogP contribution in [0.1, 0.15) is 12.0 Å². The highest BCUT2D eigenvalue weighted by atomic mass is 15.2. The smallest absolute Gasteiger partial charge is 0.0110 e. The molecular weight excluding hydrogens is 208 g/mol. The first kappa shape index (κ1) is 12.3. The summed E-state index contributed by atoms with van der Waals surface area (Å²) in [7, 11) is 2.20. The van der Waals surface area contributed by atoms with Crippen LogP contribution in [-0.2, 0) is 0 Å². The summed E-state index contributed by atoms with van der Waals surface area (Å²) >= 11 is 0. The van der Waals surface area contributed by atoms with Crippen LogP contribution in [0.3, 0.4) is 0 Å².